The zero-order chi connectivity index (χ0) is 14.5. The number of imidazole rings is 1. The van der Waals surface area contributed by atoms with Crippen molar-refractivity contribution in [1.82, 2.24) is 9.55 Å². The second-order valence-electron chi connectivity index (χ2n) is 5.29. The largest absolute Gasteiger partial charge is 0.434 e. The summed E-state index contributed by atoms with van der Waals surface area (Å²) < 4.78 is 39.3. The van der Waals surface area contributed by atoms with Gasteiger partial charge in [0.2, 0.25) is 0 Å². The highest BCUT2D eigenvalue weighted by Crippen LogP contribution is 2.43. The first-order chi connectivity index (χ1) is 9.29. The smallest absolute Gasteiger partial charge is 0.333 e. The Hall–Kier alpha value is -1.53. The van der Waals surface area contributed by atoms with Gasteiger partial charge in [0, 0.05) is 24.3 Å². The van der Waals surface area contributed by atoms with E-state index in [1.54, 1.807) is 19.2 Å². The van der Waals surface area contributed by atoms with E-state index in [-0.39, 0.29) is 17.9 Å². The maximum Gasteiger partial charge on any atom is 0.434 e. The van der Waals surface area contributed by atoms with E-state index in [2.05, 4.69) is 4.98 Å². The third kappa shape index (κ3) is 2.91. The third-order valence-corrected chi connectivity index (χ3v) is 3.67. The molecule has 1 aromatic heterocycles. The van der Waals surface area contributed by atoms with Crippen molar-refractivity contribution in [2.45, 2.75) is 24.6 Å². The molecule has 0 aliphatic heterocycles. The maximum atomic E-state index is 12.6. The van der Waals surface area contributed by atoms with Crippen molar-refractivity contribution in [3.8, 4) is 11.4 Å². The number of nitrogens with two attached hydrogens (primary N) is 1. The molecule has 21 heavy (non-hydrogen) atoms. The van der Waals surface area contributed by atoms with E-state index in [0.717, 1.165) is 24.6 Å². The highest BCUT2D eigenvalue weighted by Gasteiger charge is 2.40. The first-order valence-electron chi connectivity index (χ1n) is 6.30. The number of benzene rings is 1. The van der Waals surface area contributed by atoms with Crippen LogP contribution in [0.15, 0.2) is 30.5 Å². The Labute approximate surface area is 126 Å². The summed E-state index contributed by atoms with van der Waals surface area (Å²) in [6.45, 7) is 0. The highest BCUT2D eigenvalue weighted by atomic mass is 35.5. The Morgan fingerprint density at radius 2 is 1.76 bits per heavy atom. The maximum absolute atomic E-state index is 12.6. The van der Waals surface area contributed by atoms with E-state index >= 15 is 0 Å². The minimum Gasteiger partial charge on any atom is -0.333 e. The Morgan fingerprint density at radius 3 is 2.19 bits per heavy atom. The molecule has 1 heterocycles. The van der Waals surface area contributed by atoms with Crippen molar-refractivity contribution in [1.29, 1.82) is 0 Å². The normalized spacial score (nSPS) is 16.4. The monoisotopic (exact) mass is 317 g/mol. The number of alkyl halides is 3. The van der Waals surface area contributed by atoms with Crippen LogP contribution in [0, 0.1) is 0 Å². The summed E-state index contributed by atoms with van der Waals surface area (Å²) in [5.41, 5.74) is 6.63. The lowest BCUT2D eigenvalue weighted by Gasteiger charge is -2.09. The lowest BCUT2D eigenvalue weighted by atomic mass is 10.0. The van der Waals surface area contributed by atoms with Crippen molar-refractivity contribution >= 4 is 12.4 Å². The minimum atomic E-state index is -4.43. The summed E-state index contributed by atoms with van der Waals surface area (Å²) in [4.78, 5) is 3.67. The molecule has 0 bridgehead atoms. The fourth-order valence-electron chi connectivity index (χ4n) is 2.25. The number of hydrogen-bond donors (Lipinski definition) is 1. The van der Waals surface area contributed by atoms with Gasteiger partial charge in [0.25, 0.3) is 0 Å². The zero-order valence-electron chi connectivity index (χ0n) is 11.3. The zero-order valence-corrected chi connectivity index (χ0v) is 12.1. The predicted molar refractivity (Wildman–Crippen MR) is 76.0 cm³/mol. The van der Waals surface area contributed by atoms with Crippen molar-refractivity contribution in [2.75, 3.05) is 0 Å². The third-order valence-electron chi connectivity index (χ3n) is 3.67. The van der Waals surface area contributed by atoms with Crippen LogP contribution in [0.25, 0.3) is 11.4 Å². The van der Waals surface area contributed by atoms with Gasteiger partial charge < -0.3 is 10.3 Å². The van der Waals surface area contributed by atoms with E-state index in [1.165, 1.54) is 4.57 Å². The number of nitrogens with zero attached hydrogens (tertiary/aromatic N) is 2. The van der Waals surface area contributed by atoms with E-state index < -0.39 is 11.9 Å². The van der Waals surface area contributed by atoms with Crippen molar-refractivity contribution < 1.29 is 13.2 Å². The van der Waals surface area contributed by atoms with Crippen LogP contribution in [0.3, 0.4) is 0 Å². The van der Waals surface area contributed by atoms with Gasteiger partial charge in [-0.15, -0.1) is 12.4 Å². The van der Waals surface area contributed by atoms with Crippen LogP contribution < -0.4 is 5.73 Å². The number of aromatic nitrogens is 2. The Morgan fingerprint density at radius 1 is 1.19 bits per heavy atom. The second kappa shape index (κ2) is 5.03. The Kier molecular flexibility index (Phi) is 3.80. The summed E-state index contributed by atoms with van der Waals surface area (Å²) in [6, 6.07) is 7.27. The van der Waals surface area contributed by atoms with Gasteiger partial charge in [0.05, 0.1) is 0 Å². The molecule has 1 aromatic carbocycles. The molecular weight excluding hydrogens is 303 g/mol. The molecule has 3 nitrogen and oxygen atoms in total. The minimum absolute atomic E-state index is 0. The van der Waals surface area contributed by atoms with Gasteiger partial charge in [-0.1, -0.05) is 24.3 Å². The summed E-state index contributed by atoms with van der Waals surface area (Å²) in [7, 11) is 1.55. The molecule has 1 saturated carbocycles. The molecule has 0 unspecified atom stereocenters. The molecule has 1 aliphatic carbocycles. The molecule has 1 aliphatic rings. The van der Waals surface area contributed by atoms with Gasteiger partial charge in [0.15, 0.2) is 5.69 Å². The molecule has 0 spiro atoms. The van der Waals surface area contributed by atoms with E-state index in [4.69, 9.17) is 5.73 Å². The number of aryl methyl sites for hydroxylation is 1. The van der Waals surface area contributed by atoms with Crippen molar-refractivity contribution in [3.05, 3.63) is 41.7 Å². The van der Waals surface area contributed by atoms with Crippen LogP contribution in [0.1, 0.15) is 24.1 Å². The van der Waals surface area contributed by atoms with Gasteiger partial charge in [-0.25, -0.2) is 4.98 Å². The molecule has 0 atom stereocenters. The van der Waals surface area contributed by atoms with Crippen LogP contribution in [0.5, 0.6) is 0 Å². The lowest BCUT2D eigenvalue weighted by molar-refractivity contribution is -0.140. The average molecular weight is 318 g/mol. The molecule has 0 amide bonds. The van der Waals surface area contributed by atoms with Crippen molar-refractivity contribution in [3.63, 3.8) is 0 Å². The van der Waals surface area contributed by atoms with E-state index in [0.29, 0.717) is 11.4 Å². The van der Waals surface area contributed by atoms with Gasteiger partial charge in [-0.2, -0.15) is 13.2 Å². The number of rotatable bonds is 2. The molecule has 114 valence electrons. The first-order valence-corrected chi connectivity index (χ1v) is 6.30. The van der Waals surface area contributed by atoms with Gasteiger partial charge in [0.1, 0.15) is 5.82 Å². The van der Waals surface area contributed by atoms with E-state index in [9.17, 15) is 13.2 Å². The molecule has 2 N–H and O–H groups in total. The number of hydrogen-bond acceptors (Lipinski definition) is 2. The molecular formula is C14H15ClF3N3. The van der Waals surface area contributed by atoms with Gasteiger partial charge >= 0.3 is 6.18 Å². The van der Waals surface area contributed by atoms with Crippen LogP contribution in [-0.4, -0.2) is 9.55 Å². The fourth-order valence-corrected chi connectivity index (χ4v) is 2.25. The lowest BCUT2D eigenvalue weighted by Crippen LogP contribution is -2.18. The van der Waals surface area contributed by atoms with Crippen LogP contribution >= 0.6 is 12.4 Å². The molecule has 2 aromatic rings. The topological polar surface area (TPSA) is 43.8 Å². The van der Waals surface area contributed by atoms with Gasteiger partial charge in [-0.05, 0) is 18.4 Å². The second-order valence-corrected chi connectivity index (χ2v) is 5.29. The standard InChI is InChI=1S/C14H14F3N3.ClH/c1-20-8-11(14(15,16)17)19-12(20)9-2-4-10(5-3-9)13(18)6-7-13;/h2-5,8H,6-7,18H2,1H3;1H. The first kappa shape index (κ1) is 15.9. The quantitative estimate of drug-likeness (QED) is 0.921. The van der Waals surface area contributed by atoms with Crippen LogP contribution in [0.4, 0.5) is 13.2 Å². The highest BCUT2D eigenvalue weighted by molar-refractivity contribution is 5.85. The molecule has 3 rings (SSSR count). The van der Waals surface area contributed by atoms with Crippen LogP contribution in [-0.2, 0) is 18.8 Å². The van der Waals surface area contributed by atoms with E-state index in [1.807, 2.05) is 12.1 Å². The summed E-state index contributed by atoms with van der Waals surface area (Å²) in [5, 5.41) is 0. The number of halogens is 4. The Bertz CT molecular complexity index is 642. The molecule has 0 saturated heterocycles. The summed E-state index contributed by atoms with van der Waals surface area (Å²) >= 11 is 0. The fraction of sp³-hybridized carbons (Fsp3) is 0.357. The molecule has 7 heteroatoms. The van der Waals surface area contributed by atoms with Crippen molar-refractivity contribution in [2.24, 2.45) is 12.8 Å². The average Bonchev–Trinajstić information content (AvgIpc) is 2.99. The SMILES string of the molecule is Cl.Cn1cc(C(F)(F)F)nc1-c1ccc(C2(N)CC2)cc1. The van der Waals surface area contributed by atoms with Gasteiger partial charge in [-0.3, -0.25) is 0 Å². The van der Waals surface area contributed by atoms with Crippen LogP contribution in [0.2, 0.25) is 0 Å². The summed E-state index contributed by atoms with van der Waals surface area (Å²) in [5.74, 6) is 0.297. The molecule has 1 fully saturated rings. The predicted octanol–water partition coefficient (Wildman–Crippen LogP) is 3.48. The molecule has 0 radical (unpaired) electrons. The Balaban J connectivity index is 0.00000161. The summed E-state index contributed by atoms with van der Waals surface area (Å²) in [6.07, 6.45) is -1.53.